The van der Waals surface area contributed by atoms with E-state index in [2.05, 4.69) is 0 Å². The average Bonchev–Trinajstić information content (AvgIpc) is 2.27. The average molecular weight is 254 g/mol. The maximum absolute atomic E-state index is 13.4. The fourth-order valence-electron chi connectivity index (χ4n) is 2.27. The molecule has 1 heterocycles. The number of carboxylic acid groups (broad SMARTS) is 1. The van der Waals surface area contributed by atoms with Crippen molar-refractivity contribution in [3.05, 3.63) is 29.6 Å². The van der Waals surface area contributed by atoms with Crippen molar-refractivity contribution in [2.75, 3.05) is 20.3 Å². The zero-order chi connectivity index (χ0) is 13.3. The number of aliphatic carboxylic acids is 1. The third-order valence-electron chi connectivity index (χ3n) is 3.62. The largest absolute Gasteiger partial charge is 0.496 e. The van der Waals surface area contributed by atoms with Crippen LogP contribution in [0, 0.1) is 11.7 Å². The van der Waals surface area contributed by atoms with E-state index in [0.29, 0.717) is 11.3 Å². The van der Waals surface area contributed by atoms with E-state index in [0.717, 1.165) is 0 Å². The van der Waals surface area contributed by atoms with Crippen LogP contribution in [0.25, 0.3) is 0 Å². The molecule has 0 aliphatic carbocycles. The fourth-order valence-corrected chi connectivity index (χ4v) is 2.27. The molecule has 1 unspecified atom stereocenters. The Balaban J connectivity index is 2.50. The molecule has 0 spiro atoms. The summed E-state index contributed by atoms with van der Waals surface area (Å²) < 4.78 is 23.8. The van der Waals surface area contributed by atoms with Crippen LogP contribution in [-0.4, -0.2) is 31.4 Å². The minimum absolute atomic E-state index is 0.264. The van der Waals surface area contributed by atoms with Gasteiger partial charge in [0.15, 0.2) is 0 Å². The molecule has 1 N–H and O–H groups in total. The number of carboxylic acids is 1. The molecule has 98 valence electrons. The molecule has 2 rings (SSSR count). The molecule has 1 aliphatic rings. The van der Waals surface area contributed by atoms with Crippen LogP contribution in [0.1, 0.15) is 12.5 Å². The number of carbonyl (C=O) groups is 1. The third-order valence-corrected chi connectivity index (χ3v) is 3.62. The number of methoxy groups -OCH3 is 1. The molecular formula is C13H15FO4. The van der Waals surface area contributed by atoms with Gasteiger partial charge in [0.2, 0.25) is 0 Å². The van der Waals surface area contributed by atoms with Gasteiger partial charge in [0, 0.05) is 5.56 Å². The van der Waals surface area contributed by atoms with Crippen molar-refractivity contribution in [1.82, 2.24) is 0 Å². The van der Waals surface area contributed by atoms with Gasteiger partial charge < -0.3 is 14.6 Å². The van der Waals surface area contributed by atoms with E-state index in [1.807, 2.05) is 0 Å². The van der Waals surface area contributed by atoms with Gasteiger partial charge in [0.25, 0.3) is 0 Å². The summed E-state index contributed by atoms with van der Waals surface area (Å²) in [6.45, 7) is 2.13. The summed E-state index contributed by atoms with van der Waals surface area (Å²) in [6, 6.07) is 4.14. The quantitative estimate of drug-likeness (QED) is 0.890. The molecule has 0 bridgehead atoms. The van der Waals surface area contributed by atoms with Gasteiger partial charge in [-0.25, -0.2) is 4.39 Å². The maximum Gasteiger partial charge on any atom is 0.307 e. The first kappa shape index (κ1) is 12.8. The molecule has 1 aromatic carbocycles. The second-order valence-electron chi connectivity index (χ2n) is 4.55. The lowest BCUT2D eigenvalue weighted by Gasteiger charge is -2.45. The number of benzene rings is 1. The standard InChI is InChI=1S/C13H15FO4/c1-8(12(15)16)13(6-18-7-13)10-5-9(14)3-4-11(10)17-2/h3-5,8H,6-7H2,1-2H3,(H,15,16). The number of ether oxygens (including phenoxy) is 2. The molecule has 0 saturated carbocycles. The summed E-state index contributed by atoms with van der Waals surface area (Å²) in [5, 5.41) is 9.19. The van der Waals surface area contributed by atoms with Crippen molar-refractivity contribution in [2.45, 2.75) is 12.3 Å². The van der Waals surface area contributed by atoms with E-state index in [9.17, 15) is 14.3 Å². The summed E-state index contributed by atoms with van der Waals surface area (Å²) in [4.78, 5) is 11.2. The predicted octanol–water partition coefficient (Wildman–Crippen LogP) is 1.82. The molecule has 1 atom stereocenters. The number of hydrogen-bond donors (Lipinski definition) is 1. The monoisotopic (exact) mass is 254 g/mol. The van der Waals surface area contributed by atoms with Crippen molar-refractivity contribution in [1.29, 1.82) is 0 Å². The van der Waals surface area contributed by atoms with Gasteiger partial charge in [-0.15, -0.1) is 0 Å². The SMILES string of the molecule is COc1ccc(F)cc1C1(C(C)C(=O)O)COC1. The number of halogens is 1. The highest BCUT2D eigenvalue weighted by Crippen LogP contribution is 2.43. The van der Waals surface area contributed by atoms with Crippen LogP contribution in [0.2, 0.25) is 0 Å². The zero-order valence-electron chi connectivity index (χ0n) is 10.3. The highest BCUT2D eigenvalue weighted by Gasteiger charge is 2.50. The minimum Gasteiger partial charge on any atom is -0.496 e. The zero-order valence-corrected chi connectivity index (χ0v) is 10.3. The first-order valence-corrected chi connectivity index (χ1v) is 5.66. The fraction of sp³-hybridized carbons (Fsp3) is 0.462. The number of hydrogen-bond acceptors (Lipinski definition) is 3. The van der Waals surface area contributed by atoms with Crippen LogP contribution in [0.3, 0.4) is 0 Å². The Morgan fingerprint density at radius 3 is 2.67 bits per heavy atom. The van der Waals surface area contributed by atoms with E-state index in [1.165, 1.54) is 25.3 Å². The summed E-state index contributed by atoms with van der Waals surface area (Å²) >= 11 is 0. The molecule has 18 heavy (non-hydrogen) atoms. The Kier molecular flexibility index (Phi) is 3.26. The first-order chi connectivity index (χ1) is 8.51. The topological polar surface area (TPSA) is 55.8 Å². The normalized spacial score (nSPS) is 18.8. The van der Waals surface area contributed by atoms with Gasteiger partial charge in [-0.05, 0) is 18.2 Å². The van der Waals surface area contributed by atoms with E-state index in [-0.39, 0.29) is 13.2 Å². The third kappa shape index (κ3) is 1.84. The van der Waals surface area contributed by atoms with Crippen LogP contribution in [0.5, 0.6) is 5.75 Å². The Morgan fingerprint density at radius 1 is 1.56 bits per heavy atom. The molecule has 0 amide bonds. The second kappa shape index (κ2) is 4.57. The van der Waals surface area contributed by atoms with Gasteiger partial charge in [0.1, 0.15) is 11.6 Å². The lowest BCUT2D eigenvalue weighted by molar-refractivity contribution is -0.155. The van der Waals surface area contributed by atoms with Gasteiger partial charge >= 0.3 is 5.97 Å². The van der Waals surface area contributed by atoms with Gasteiger partial charge in [-0.1, -0.05) is 6.92 Å². The molecular weight excluding hydrogens is 239 g/mol. The Bertz CT molecular complexity index is 468. The molecule has 0 radical (unpaired) electrons. The smallest absolute Gasteiger partial charge is 0.307 e. The van der Waals surface area contributed by atoms with E-state index in [4.69, 9.17) is 9.47 Å². The molecule has 5 heteroatoms. The van der Waals surface area contributed by atoms with Crippen LogP contribution in [-0.2, 0) is 14.9 Å². The Labute approximate surface area is 104 Å². The van der Waals surface area contributed by atoms with Crippen molar-refractivity contribution in [3.63, 3.8) is 0 Å². The van der Waals surface area contributed by atoms with Crippen LogP contribution >= 0.6 is 0 Å². The Hall–Kier alpha value is -1.62. The molecule has 4 nitrogen and oxygen atoms in total. The molecule has 1 aromatic rings. The highest BCUT2D eigenvalue weighted by molar-refractivity contribution is 5.73. The van der Waals surface area contributed by atoms with Crippen LogP contribution in [0.15, 0.2) is 18.2 Å². The van der Waals surface area contributed by atoms with Crippen molar-refractivity contribution < 1.29 is 23.8 Å². The highest BCUT2D eigenvalue weighted by atomic mass is 19.1. The maximum atomic E-state index is 13.4. The summed E-state index contributed by atoms with van der Waals surface area (Å²) in [5.41, 5.74) is -0.148. The van der Waals surface area contributed by atoms with Gasteiger partial charge in [-0.2, -0.15) is 0 Å². The van der Waals surface area contributed by atoms with Gasteiger partial charge in [-0.3, -0.25) is 4.79 Å². The molecule has 1 fully saturated rings. The van der Waals surface area contributed by atoms with Crippen molar-refractivity contribution in [2.24, 2.45) is 5.92 Å². The summed E-state index contributed by atoms with van der Waals surface area (Å²) in [7, 11) is 1.48. The van der Waals surface area contributed by atoms with E-state index < -0.39 is 23.1 Å². The summed E-state index contributed by atoms with van der Waals surface area (Å²) in [6.07, 6.45) is 0. The van der Waals surface area contributed by atoms with Crippen LogP contribution < -0.4 is 4.74 Å². The molecule has 1 aliphatic heterocycles. The first-order valence-electron chi connectivity index (χ1n) is 5.66. The Morgan fingerprint density at radius 2 is 2.22 bits per heavy atom. The van der Waals surface area contributed by atoms with Gasteiger partial charge in [0.05, 0.1) is 31.7 Å². The minimum atomic E-state index is -0.926. The predicted molar refractivity (Wildman–Crippen MR) is 62.2 cm³/mol. The lowest BCUT2D eigenvalue weighted by atomic mass is 9.69. The van der Waals surface area contributed by atoms with Crippen molar-refractivity contribution >= 4 is 5.97 Å². The molecule has 0 aromatic heterocycles. The molecule has 1 saturated heterocycles. The summed E-state index contributed by atoms with van der Waals surface area (Å²) in [5.74, 6) is -1.51. The second-order valence-corrected chi connectivity index (χ2v) is 4.55. The van der Waals surface area contributed by atoms with Crippen molar-refractivity contribution in [3.8, 4) is 5.75 Å². The van der Waals surface area contributed by atoms with E-state index in [1.54, 1.807) is 6.92 Å². The lowest BCUT2D eigenvalue weighted by Crippen LogP contribution is -2.54. The van der Waals surface area contributed by atoms with E-state index >= 15 is 0 Å². The number of rotatable bonds is 4. The van der Waals surface area contributed by atoms with Crippen LogP contribution in [0.4, 0.5) is 4.39 Å².